The molecule has 83 heavy (non-hydrogen) atoms. The lowest BCUT2D eigenvalue weighted by Gasteiger charge is -2.15. The number of nitrogens with one attached hydrogen (secondary N) is 6. The van der Waals surface area contributed by atoms with Crippen molar-refractivity contribution in [2.45, 2.75) is 58.0 Å². The monoisotopic (exact) mass is 1180 g/mol. The molecule has 29 heteroatoms. The van der Waals surface area contributed by atoms with E-state index < -0.39 is 64.0 Å². The maximum Gasteiger partial charge on any atom is 0.326 e. The molecule has 0 spiro atoms. The number of esters is 1. The van der Waals surface area contributed by atoms with Crippen LogP contribution in [0.2, 0.25) is 0 Å². The predicted octanol–water partition coefficient (Wildman–Crippen LogP) is 3.83. The van der Waals surface area contributed by atoms with E-state index in [1.165, 1.54) is 24.5 Å². The predicted molar refractivity (Wildman–Crippen MR) is 293 cm³/mol. The molecule has 0 aliphatic rings. The number of rotatable bonds is 45. The van der Waals surface area contributed by atoms with E-state index in [-0.39, 0.29) is 80.8 Å². The van der Waals surface area contributed by atoms with Crippen LogP contribution in [0.4, 0.5) is 29.2 Å². The molecule has 0 radical (unpaired) electrons. The van der Waals surface area contributed by atoms with Gasteiger partial charge in [0.2, 0.25) is 23.5 Å². The van der Waals surface area contributed by atoms with Gasteiger partial charge in [-0.05, 0) is 68.0 Å². The second-order valence-electron chi connectivity index (χ2n) is 17.8. The zero-order valence-electron chi connectivity index (χ0n) is 46.1. The Morgan fingerprint density at radius 1 is 0.735 bits per heavy atom. The van der Waals surface area contributed by atoms with Crippen molar-refractivity contribution in [3.8, 4) is 5.75 Å². The number of hydrogen-bond donors (Lipinski definition) is 8. The van der Waals surface area contributed by atoms with Gasteiger partial charge in [-0.1, -0.05) is 6.58 Å². The van der Waals surface area contributed by atoms with Crippen LogP contribution in [0.5, 0.6) is 5.75 Å². The van der Waals surface area contributed by atoms with Gasteiger partial charge in [0.15, 0.2) is 28.5 Å². The fourth-order valence-corrected chi connectivity index (χ4v) is 7.07. The molecule has 1 atom stereocenters. The van der Waals surface area contributed by atoms with E-state index in [2.05, 4.69) is 52.5 Å². The Morgan fingerprint density at radius 2 is 1.29 bits per heavy atom. The summed E-state index contributed by atoms with van der Waals surface area (Å²) < 4.78 is 102. The van der Waals surface area contributed by atoms with Crippen LogP contribution < -0.4 is 37.3 Å². The quantitative estimate of drug-likeness (QED) is 0.00456. The second kappa shape index (κ2) is 39.1. The summed E-state index contributed by atoms with van der Waals surface area (Å²) >= 11 is 0. The van der Waals surface area contributed by atoms with Crippen molar-refractivity contribution in [2.24, 2.45) is 0 Å². The number of unbranched alkanes of at least 4 members (excludes halogenated alkanes) is 1. The number of aromatic nitrogens is 4. The van der Waals surface area contributed by atoms with Gasteiger partial charge in [-0.15, -0.1) is 0 Å². The third-order valence-corrected chi connectivity index (χ3v) is 11.5. The Hall–Kier alpha value is -7.51. The lowest BCUT2D eigenvalue weighted by atomic mass is 10.0. The van der Waals surface area contributed by atoms with Crippen LogP contribution in [0.3, 0.4) is 0 Å². The van der Waals surface area contributed by atoms with Gasteiger partial charge in [-0.25, -0.2) is 27.9 Å². The maximum atomic E-state index is 13.9. The molecule has 9 N–H and O–H groups in total. The number of amides is 2. The molecule has 25 nitrogen and oxygen atoms in total. The standard InChI is InChI=1S/C54H72F4N10O15/c1-35(31-59)38(5-3-4-13-62-42(69)11-10-41(53(73)74)66-51(71)37-6-8-39(9-7-37)63-33-40-34-64-50-48(65-40)52(72)68-54(60)67-50)32-61-14-16-76-18-20-78-22-24-80-26-28-82-30-29-81-27-25-79-23-21-77-19-17-75-15-12-43(70)83-49-36(2)44(55)45(56)46(57)47(49)58/h6-9,31-32,34,41,59,61,63H,1,3-5,10-30,33H2,2H3,(H,62,69)(H,66,71)(H,73,74)(H3,60,64,67,68,72)/b38-32-,59-31?/t41-/m0/s1. The number of nitrogens with two attached hydrogens (primary N) is 1. The number of carboxylic acids is 1. The van der Waals surface area contributed by atoms with Crippen LogP contribution in [-0.2, 0) is 58.8 Å². The van der Waals surface area contributed by atoms with Gasteiger partial charge in [0.05, 0.1) is 131 Å². The van der Waals surface area contributed by atoms with Crippen LogP contribution in [-0.4, -0.2) is 180 Å². The number of ether oxygens (including phenoxy) is 9. The van der Waals surface area contributed by atoms with Crippen LogP contribution in [0.1, 0.15) is 60.1 Å². The Balaban J connectivity index is 0.896. The first-order chi connectivity index (χ1) is 40.1. The summed E-state index contributed by atoms with van der Waals surface area (Å²) in [6, 6.07) is 4.97. The Morgan fingerprint density at radius 3 is 1.86 bits per heavy atom. The number of carbonyl (C=O) groups excluding carboxylic acids is 3. The van der Waals surface area contributed by atoms with Gasteiger partial charge in [0.1, 0.15) is 6.04 Å². The first-order valence-corrected chi connectivity index (χ1v) is 26.5. The fourth-order valence-electron chi connectivity index (χ4n) is 7.07. The summed E-state index contributed by atoms with van der Waals surface area (Å²) in [5.74, 6) is -11.8. The number of carboxylic acid groups (broad SMARTS) is 1. The maximum absolute atomic E-state index is 13.9. The Bertz CT molecular complexity index is 2770. The van der Waals surface area contributed by atoms with Crippen molar-refractivity contribution in [1.29, 1.82) is 5.41 Å². The molecular weight excluding hydrogens is 1100 g/mol. The molecule has 2 amide bonds. The molecule has 0 saturated heterocycles. The Kier molecular flexibility index (Phi) is 32.0. The molecule has 0 unspecified atom stereocenters. The number of nitrogens with zero attached hydrogens (tertiary/aromatic N) is 3. The number of hydrogen-bond acceptors (Lipinski definition) is 21. The number of aliphatic carboxylic acids is 1. The first-order valence-electron chi connectivity index (χ1n) is 26.5. The molecule has 0 aliphatic heterocycles. The lowest BCUT2D eigenvalue weighted by Crippen LogP contribution is -2.41. The first kappa shape index (κ1) is 68.0. The number of anilines is 2. The molecule has 2 heterocycles. The average molecular weight is 1180 g/mol. The summed E-state index contributed by atoms with van der Waals surface area (Å²) in [5.41, 5.74) is 7.18. The van der Waals surface area contributed by atoms with Crippen molar-refractivity contribution in [3.63, 3.8) is 0 Å². The normalized spacial score (nSPS) is 11.8. The molecular formula is C54H72F4N10O15. The smallest absolute Gasteiger partial charge is 0.326 e. The number of H-pyrrole nitrogens is 1. The van der Waals surface area contributed by atoms with Crippen LogP contribution in [0, 0.1) is 35.6 Å². The van der Waals surface area contributed by atoms with Crippen molar-refractivity contribution < 1.29 is 84.5 Å². The van der Waals surface area contributed by atoms with Gasteiger partial charge >= 0.3 is 11.9 Å². The van der Waals surface area contributed by atoms with Crippen LogP contribution >= 0.6 is 0 Å². The van der Waals surface area contributed by atoms with Crippen LogP contribution in [0.15, 0.2) is 59.2 Å². The molecule has 0 bridgehead atoms. The number of allylic oxidation sites excluding steroid dienone is 2. The highest BCUT2D eigenvalue weighted by Gasteiger charge is 2.26. The van der Waals surface area contributed by atoms with Gasteiger partial charge in [-0.2, -0.15) is 9.37 Å². The minimum Gasteiger partial charge on any atom is -0.480 e. The largest absolute Gasteiger partial charge is 0.480 e. The molecule has 0 aliphatic carbocycles. The molecule has 456 valence electrons. The van der Waals surface area contributed by atoms with Crippen molar-refractivity contribution in [3.05, 3.63) is 105 Å². The van der Waals surface area contributed by atoms with Gasteiger partial charge in [-0.3, -0.25) is 24.2 Å². The van der Waals surface area contributed by atoms with E-state index in [9.17, 15) is 46.6 Å². The highest BCUT2D eigenvalue weighted by Crippen LogP contribution is 2.30. The summed E-state index contributed by atoms with van der Waals surface area (Å²) in [6.07, 6.45) is 5.72. The van der Waals surface area contributed by atoms with E-state index in [1.54, 1.807) is 18.3 Å². The second-order valence-corrected chi connectivity index (χ2v) is 17.8. The van der Waals surface area contributed by atoms with Gasteiger partial charge in [0.25, 0.3) is 11.5 Å². The van der Waals surface area contributed by atoms with E-state index in [1.807, 2.05) is 0 Å². The van der Waals surface area contributed by atoms with E-state index in [0.717, 1.165) is 12.5 Å². The van der Waals surface area contributed by atoms with Crippen molar-refractivity contribution in [1.82, 2.24) is 35.9 Å². The number of halogens is 4. The highest BCUT2D eigenvalue weighted by atomic mass is 19.2. The zero-order valence-corrected chi connectivity index (χ0v) is 46.1. The molecule has 4 rings (SSSR count). The van der Waals surface area contributed by atoms with E-state index >= 15 is 0 Å². The van der Waals surface area contributed by atoms with Crippen LogP contribution in [0.25, 0.3) is 11.2 Å². The molecule has 2 aromatic carbocycles. The zero-order chi connectivity index (χ0) is 60.2. The van der Waals surface area contributed by atoms with Crippen molar-refractivity contribution in [2.75, 3.05) is 130 Å². The third kappa shape index (κ3) is 26.1. The minimum absolute atomic E-state index is 0.0403. The van der Waals surface area contributed by atoms with Crippen molar-refractivity contribution >= 4 is 52.8 Å². The SMILES string of the molecule is C=C(C=N)/C(=C\NCCOCCOCCOCCOCCOCCOCCOCCOCCC(=O)Oc1c(C)c(F)c(F)c(F)c1F)CCCCNC(=O)CC[C@H](NC(=O)c1ccc(NCc2cnc3nc(N)[nH]c(=O)c3n2)cc1)C(=O)O. The molecule has 2 aromatic heterocycles. The summed E-state index contributed by atoms with van der Waals surface area (Å²) in [5, 5.41) is 28.9. The highest BCUT2D eigenvalue weighted by molar-refractivity contribution is 5.97. The molecule has 4 aromatic rings. The van der Waals surface area contributed by atoms with Gasteiger partial charge in [0, 0.05) is 48.7 Å². The lowest BCUT2D eigenvalue weighted by molar-refractivity contribution is -0.139. The molecule has 0 fully saturated rings. The number of fused-ring (bicyclic) bond motifs is 1. The topological polar surface area (TPSA) is 341 Å². The minimum atomic E-state index is -2.07. The fraction of sp³-hybridized carbons (Fsp3) is 0.500. The third-order valence-electron chi connectivity index (χ3n) is 11.5. The number of nitrogen functional groups attached to an aromatic ring is 1. The average Bonchev–Trinajstić information content (AvgIpc) is 3.61. The summed E-state index contributed by atoms with van der Waals surface area (Å²) in [4.78, 5) is 76.2. The van der Waals surface area contributed by atoms with E-state index in [4.69, 9.17) is 49.0 Å². The van der Waals surface area contributed by atoms with E-state index in [0.29, 0.717) is 129 Å². The summed E-state index contributed by atoms with van der Waals surface area (Å²) in [7, 11) is 0. The van der Waals surface area contributed by atoms with Gasteiger partial charge < -0.3 is 80.1 Å². The molecule has 0 saturated carbocycles. The Labute approximate surface area is 475 Å². The number of benzene rings is 2. The number of aromatic amines is 1. The number of carbonyl (C=O) groups is 4. The summed E-state index contributed by atoms with van der Waals surface area (Å²) in [6.45, 7) is 11.0.